The molecule has 1 amide bonds. The van der Waals surface area contributed by atoms with Crippen LogP contribution in [-0.4, -0.2) is 20.8 Å². The zero-order valence-corrected chi connectivity index (χ0v) is 13.8. The van der Waals surface area contributed by atoms with Gasteiger partial charge in [-0.05, 0) is 56.4 Å². The Kier molecular flexibility index (Phi) is 5.35. The Labute approximate surface area is 138 Å². The highest BCUT2D eigenvalue weighted by atomic mass is 35.5. The van der Waals surface area contributed by atoms with Gasteiger partial charge in [0.25, 0.3) is 5.91 Å². The number of carbonyl (C=O) groups is 1. The molecule has 0 atom stereocenters. The molecule has 0 bridgehead atoms. The fourth-order valence-electron chi connectivity index (χ4n) is 1.83. The van der Waals surface area contributed by atoms with Crippen LogP contribution in [0.4, 0.5) is 5.69 Å². The van der Waals surface area contributed by atoms with Gasteiger partial charge in [0.15, 0.2) is 5.11 Å². The molecule has 1 aromatic carbocycles. The lowest BCUT2D eigenvalue weighted by Crippen LogP contribution is -2.45. The number of thiocarbonyl (C=S) groups is 1. The van der Waals surface area contributed by atoms with Crippen LogP contribution >= 0.6 is 23.8 Å². The summed E-state index contributed by atoms with van der Waals surface area (Å²) < 4.78 is 1.63. The first kappa shape index (κ1) is 16.3. The minimum absolute atomic E-state index is 0.121. The molecule has 0 aliphatic carbocycles. The Morgan fingerprint density at radius 3 is 2.55 bits per heavy atom. The Morgan fingerprint density at radius 2 is 1.95 bits per heavy atom. The van der Waals surface area contributed by atoms with Gasteiger partial charge in [0, 0.05) is 16.4 Å². The standard InChI is InChI=1S/C14H16ClN5OS/c1-9-7-10(2)20(19-9)8-13(21)17-18-14(22)16-12-5-3-11(15)4-6-12/h3-7H,8H2,1-2H3,(H,17,21)(H2,16,18,22). The largest absolute Gasteiger partial charge is 0.331 e. The maximum absolute atomic E-state index is 11.8. The number of hydrogen-bond acceptors (Lipinski definition) is 3. The third-order valence-corrected chi connectivity index (χ3v) is 3.27. The van der Waals surface area contributed by atoms with Crippen LogP contribution in [0.15, 0.2) is 30.3 Å². The minimum Gasteiger partial charge on any atom is -0.331 e. The van der Waals surface area contributed by atoms with E-state index in [0.29, 0.717) is 5.02 Å². The lowest BCUT2D eigenvalue weighted by Gasteiger charge is -2.12. The van der Waals surface area contributed by atoms with E-state index in [1.807, 2.05) is 19.9 Å². The summed E-state index contributed by atoms with van der Waals surface area (Å²) in [4.78, 5) is 11.8. The molecule has 6 nitrogen and oxygen atoms in total. The smallest absolute Gasteiger partial charge is 0.260 e. The van der Waals surface area contributed by atoms with Crippen LogP contribution in [0.25, 0.3) is 0 Å². The van der Waals surface area contributed by atoms with E-state index in [1.165, 1.54) is 0 Å². The molecule has 1 aromatic heterocycles. The molecule has 0 aliphatic rings. The van der Waals surface area contributed by atoms with Crippen LogP contribution in [0, 0.1) is 13.8 Å². The fourth-order valence-corrected chi connectivity index (χ4v) is 2.13. The number of aryl methyl sites for hydroxylation is 2. The maximum Gasteiger partial charge on any atom is 0.260 e. The first-order valence-electron chi connectivity index (χ1n) is 6.56. The van der Waals surface area contributed by atoms with Gasteiger partial charge in [-0.25, -0.2) is 0 Å². The third kappa shape index (κ3) is 4.71. The van der Waals surface area contributed by atoms with Crippen molar-refractivity contribution in [2.75, 3.05) is 5.32 Å². The van der Waals surface area contributed by atoms with Crippen molar-refractivity contribution < 1.29 is 4.79 Å². The van der Waals surface area contributed by atoms with Crippen molar-refractivity contribution in [2.24, 2.45) is 0 Å². The summed E-state index contributed by atoms with van der Waals surface area (Å²) in [5, 5.41) is 8.07. The van der Waals surface area contributed by atoms with Crippen LogP contribution in [0.3, 0.4) is 0 Å². The monoisotopic (exact) mass is 337 g/mol. The average molecular weight is 338 g/mol. The number of benzene rings is 1. The molecule has 116 valence electrons. The summed E-state index contributed by atoms with van der Waals surface area (Å²) in [6, 6.07) is 8.97. The average Bonchev–Trinajstić information content (AvgIpc) is 2.77. The van der Waals surface area contributed by atoms with E-state index < -0.39 is 0 Å². The lowest BCUT2D eigenvalue weighted by molar-refractivity contribution is -0.122. The van der Waals surface area contributed by atoms with Crippen molar-refractivity contribution in [3.8, 4) is 0 Å². The van der Waals surface area contributed by atoms with Gasteiger partial charge in [-0.1, -0.05) is 11.6 Å². The fraction of sp³-hybridized carbons (Fsp3) is 0.214. The Morgan fingerprint density at radius 1 is 1.27 bits per heavy atom. The van der Waals surface area contributed by atoms with Gasteiger partial charge in [-0.2, -0.15) is 5.10 Å². The first-order chi connectivity index (χ1) is 10.4. The van der Waals surface area contributed by atoms with Gasteiger partial charge >= 0.3 is 0 Å². The van der Waals surface area contributed by atoms with Crippen molar-refractivity contribution >= 4 is 40.5 Å². The molecule has 0 unspecified atom stereocenters. The number of carbonyl (C=O) groups excluding carboxylic acids is 1. The number of nitrogens with zero attached hydrogens (tertiary/aromatic N) is 2. The van der Waals surface area contributed by atoms with E-state index in [4.69, 9.17) is 23.8 Å². The van der Waals surface area contributed by atoms with E-state index in [2.05, 4.69) is 21.3 Å². The Bertz CT molecular complexity index is 683. The zero-order valence-electron chi connectivity index (χ0n) is 12.2. The molecule has 1 heterocycles. The summed E-state index contributed by atoms with van der Waals surface area (Å²) in [5.41, 5.74) is 7.73. The number of hydrazine groups is 1. The second-order valence-electron chi connectivity index (χ2n) is 4.72. The zero-order chi connectivity index (χ0) is 16.1. The molecule has 2 aromatic rings. The number of anilines is 1. The highest BCUT2D eigenvalue weighted by Crippen LogP contribution is 2.12. The topological polar surface area (TPSA) is 71.0 Å². The highest BCUT2D eigenvalue weighted by Gasteiger charge is 2.07. The predicted molar refractivity (Wildman–Crippen MR) is 90.7 cm³/mol. The Hall–Kier alpha value is -2.12. The maximum atomic E-state index is 11.8. The second-order valence-corrected chi connectivity index (χ2v) is 5.56. The first-order valence-corrected chi connectivity index (χ1v) is 7.35. The van der Waals surface area contributed by atoms with Gasteiger partial charge in [-0.15, -0.1) is 0 Å². The molecule has 0 saturated carbocycles. The quantitative estimate of drug-likeness (QED) is 0.591. The lowest BCUT2D eigenvalue weighted by atomic mass is 10.3. The van der Waals surface area contributed by atoms with E-state index in [0.717, 1.165) is 17.1 Å². The second kappa shape index (κ2) is 7.24. The van der Waals surface area contributed by atoms with Crippen LogP contribution < -0.4 is 16.2 Å². The molecule has 2 rings (SSSR count). The van der Waals surface area contributed by atoms with Gasteiger partial charge in [0.1, 0.15) is 6.54 Å². The normalized spacial score (nSPS) is 10.1. The molecule has 22 heavy (non-hydrogen) atoms. The molecular weight excluding hydrogens is 322 g/mol. The predicted octanol–water partition coefficient (Wildman–Crippen LogP) is 2.17. The van der Waals surface area contributed by atoms with Crippen LogP contribution in [0.1, 0.15) is 11.4 Å². The van der Waals surface area contributed by atoms with Crippen molar-refractivity contribution in [1.82, 2.24) is 20.6 Å². The molecule has 3 N–H and O–H groups in total. The summed E-state index contributed by atoms with van der Waals surface area (Å²) in [6.07, 6.45) is 0. The number of nitrogens with one attached hydrogen (secondary N) is 3. The van der Waals surface area contributed by atoms with Gasteiger partial charge in [0.2, 0.25) is 0 Å². The van der Waals surface area contributed by atoms with Crippen molar-refractivity contribution in [2.45, 2.75) is 20.4 Å². The molecule has 0 spiro atoms. The number of amides is 1. The number of rotatable bonds is 3. The third-order valence-electron chi connectivity index (χ3n) is 2.81. The molecule has 0 fully saturated rings. The SMILES string of the molecule is Cc1cc(C)n(CC(=O)NNC(=S)Nc2ccc(Cl)cc2)n1. The molecule has 0 radical (unpaired) electrons. The minimum atomic E-state index is -0.244. The van der Waals surface area contributed by atoms with Crippen molar-refractivity contribution in [1.29, 1.82) is 0 Å². The highest BCUT2D eigenvalue weighted by molar-refractivity contribution is 7.80. The molecule has 0 aliphatic heterocycles. The van der Waals surface area contributed by atoms with Gasteiger partial charge in [-0.3, -0.25) is 20.3 Å². The van der Waals surface area contributed by atoms with Crippen LogP contribution in [-0.2, 0) is 11.3 Å². The molecule has 8 heteroatoms. The van der Waals surface area contributed by atoms with Crippen LogP contribution in [0.5, 0.6) is 0 Å². The van der Waals surface area contributed by atoms with E-state index in [-0.39, 0.29) is 17.6 Å². The van der Waals surface area contributed by atoms with Gasteiger partial charge in [0.05, 0.1) is 5.69 Å². The Balaban J connectivity index is 1.79. The van der Waals surface area contributed by atoms with E-state index in [1.54, 1.807) is 28.9 Å². The summed E-state index contributed by atoms with van der Waals surface area (Å²) in [7, 11) is 0. The molecular formula is C14H16ClN5OS. The van der Waals surface area contributed by atoms with Crippen LogP contribution in [0.2, 0.25) is 5.02 Å². The van der Waals surface area contributed by atoms with E-state index in [9.17, 15) is 4.79 Å². The number of hydrogen-bond donors (Lipinski definition) is 3. The van der Waals surface area contributed by atoms with Gasteiger partial charge < -0.3 is 5.32 Å². The van der Waals surface area contributed by atoms with E-state index >= 15 is 0 Å². The number of halogens is 1. The summed E-state index contributed by atoms with van der Waals surface area (Å²) >= 11 is 10.9. The number of aromatic nitrogens is 2. The molecule has 0 saturated heterocycles. The van der Waals surface area contributed by atoms with Crippen molar-refractivity contribution in [3.05, 3.63) is 46.7 Å². The summed E-state index contributed by atoms with van der Waals surface area (Å²) in [5.74, 6) is -0.244. The summed E-state index contributed by atoms with van der Waals surface area (Å²) in [6.45, 7) is 3.90. The van der Waals surface area contributed by atoms with Crippen molar-refractivity contribution in [3.63, 3.8) is 0 Å².